The van der Waals surface area contributed by atoms with E-state index < -0.39 is 0 Å². The smallest absolute Gasteiger partial charge is 0.0872 e. The van der Waals surface area contributed by atoms with Gasteiger partial charge in [0.25, 0.3) is 0 Å². The van der Waals surface area contributed by atoms with E-state index in [0.717, 1.165) is 19.4 Å². The molecular weight excluding hydrogens is 171 g/mol. The summed E-state index contributed by atoms with van der Waals surface area (Å²) in [6, 6.07) is 0. The summed E-state index contributed by atoms with van der Waals surface area (Å²) in [4.78, 5) is 0. The SMILES string of the molecule is CCCOC1CCCCC1OP. The Morgan fingerprint density at radius 3 is 2.50 bits per heavy atom. The Bertz CT molecular complexity index is 119. The molecule has 2 nitrogen and oxygen atoms in total. The van der Waals surface area contributed by atoms with E-state index in [9.17, 15) is 0 Å². The van der Waals surface area contributed by atoms with Gasteiger partial charge in [0, 0.05) is 16.1 Å². The molecule has 0 N–H and O–H groups in total. The molecule has 0 aromatic heterocycles. The maximum Gasteiger partial charge on any atom is 0.0872 e. The summed E-state index contributed by atoms with van der Waals surface area (Å²) in [5, 5.41) is 0. The molecule has 0 aliphatic heterocycles. The second-order valence-electron chi connectivity index (χ2n) is 3.37. The normalized spacial score (nSPS) is 30.5. The first kappa shape index (κ1) is 10.4. The number of hydrogen-bond donors (Lipinski definition) is 0. The van der Waals surface area contributed by atoms with Crippen LogP contribution in [-0.2, 0) is 9.26 Å². The van der Waals surface area contributed by atoms with Crippen LogP contribution < -0.4 is 0 Å². The fraction of sp³-hybridized carbons (Fsp3) is 1.00. The van der Waals surface area contributed by atoms with Crippen LogP contribution in [0.4, 0.5) is 0 Å². The van der Waals surface area contributed by atoms with Crippen molar-refractivity contribution in [2.24, 2.45) is 0 Å². The molecule has 0 spiro atoms. The van der Waals surface area contributed by atoms with Crippen molar-refractivity contribution in [3.63, 3.8) is 0 Å². The van der Waals surface area contributed by atoms with Crippen LogP contribution in [0.2, 0.25) is 0 Å². The number of hydrogen-bond acceptors (Lipinski definition) is 2. The van der Waals surface area contributed by atoms with Crippen molar-refractivity contribution in [1.82, 2.24) is 0 Å². The molecule has 0 bridgehead atoms. The van der Waals surface area contributed by atoms with Crippen molar-refractivity contribution in [2.45, 2.75) is 51.2 Å². The van der Waals surface area contributed by atoms with Crippen LogP contribution in [0.15, 0.2) is 0 Å². The van der Waals surface area contributed by atoms with Crippen LogP contribution in [0, 0.1) is 0 Å². The third-order valence-corrected chi connectivity index (χ3v) is 2.70. The molecule has 12 heavy (non-hydrogen) atoms. The molecule has 3 heteroatoms. The highest BCUT2D eigenvalue weighted by Crippen LogP contribution is 2.25. The molecule has 1 fully saturated rings. The van der Waals surface area contributed by atoms with Gasteiger partial charge in [0.05, 0.1) is 12.2 Å². The average Bonchev–Trinajstić information content (AvgIpc) is 2.15. The lowest BCUT2D eigenvalue weighted by molar-refractivity contribution is -0.0409. The van der Waals surface area contributed by atoms with Gasteiger partial charge in [-0.2, -0.15) is 0 Å². The van der Waals surface area contributed by atoms with Crippen LogP contribution in [0.5, 0.6) is 0 Å². The van der Waals surface area contributed by atoms with Gasteiger partial charge < -0.3 is 9.26 Å². The first-order chi connectivity index (χ1) is 5.88. The van der Waals surface area contributed by atoms with E-state index in [0.29, 0.717) is 12.2 Å². The van der Waals surface area contributed by atoms with Gasteiger partial charge in [0.2, 0.25) is 0 Å². The van der Waals surface area contributed by atoms with Crippen molar-refractivity contribution < 1.29 is 9.26 Å². The van der Waals surface area contributed by atoms with E-state index in [1.807, 2.05) is 0 Å². The second kappa shape index (κ2) is 5.90. The van der Waals surface area contributed by atoms with Gasteiger partial charge in [-0.1, -0.05) is 19.8 Å². The summed E-state index contributed by atoms with van der Waals surface area (Å²) < 4.78 is 11.0. The molecule has 72 valence electrons. The third-order valence-electron chi connectivity index (χ3n) is 2.35. The summed E-state index contributed by atoms with van der Waals surface area (Å²) in [5.41, 5.74) is 0. The summed E-state index contributed by atoms with van der Waals surface area (Å²) in [6.45, 7) is 3.01. The molecule has 0 saturated heterocycles. The second-order valence-corrected chi connectivity index (χ2v) is 3.64. The van der Waals surface area contributed by atoms with Crippen molar-refractivity contribution in [2.75, 3.05) is 6.61 Å². The maximum absolute atomic E-state index is 5.70. The molecule has 1 aliphatic rings. The molecule has 3 unspecified atom stereocenters. The minimum Gasteiger partial charge on any atom is -0.376 e. The van der Waals surface area contributed by atoms with Crippen molar-refractivity contribution in [3.8, 4) is 0 Å². The van der Waals surface area contributed by atoms with Gasteiger partial charge in [-0.3, -0.25) is 0 Å². The zero-order valence-corrected chi connectivity index (χ0v) is 8.95. The van der Waals surface area contributed by atoms with Crippen LogP contribution in [0.25, 0.3) is 0 Å². The predicted molar refractivity (Wildman–Crippen MR) is 53.1 cm³/mol. The van der Waals surface area contributed by atoms with Crippen LogP contribution >= 0.6 is 9.47 Å². The van der Waals surface area contributed by atoms with Gasteiger partial charge in [-0.15, -0.1) is 0 Å². The summed E-state index contributed by atoms with van der Waals surface area (Å²) in [7, 11) is 2.36. The van der Waals surface area contributed by atoms with E-state index in [2.05, 4.69) is 16.4 Å². The van der Waals surface area contributed by atoms with E-state index in [-0.39, 0.29) is 0 Å². The molecular formula is C9H19O2P. The van der Waals surface area contributed by atoms with Crippen LogP contribution in [-0.4, -0.2) is 18.8 Å². The lowest BCUT2D eigenvalue weighted by Crippen LogP contribution is -2.32. The summed E-state index contributed by atoms with van der Waals surface area (Å²) >= 11 is 0. The molecule has 0 aromatic carbocycles. The lowest BCUT2D eigenvalue weighted by atomic mass is 9.95. The van der Waals surface area contributed by atoms with Gasteiger partial charge in [-0.05, 0) is 19.3 Å². The minimum absolute atomic E-state index is 0.315. The van der Waals surface area contributed by atoms with Gasteiger partial charge in [0.1, 0.15) is 0 Å². The van der Waals surface area contributed by atoms with Crippen LogP contribution in [0.1, 0.15) is 39.0 Å². The molecule has 0 amide bonds. The lowest BCUT2D eigenvalue weighted by Gasteiger charge is -2.29. The molecule has 1 saturated carbocycles. The van der Waals surface area contributed by atoms with E-state index in [1.165, 1.54) is 19.3 Å². The Morgan fingerprint density at radius 2 is 1.92 bits per heavy atom. The fourth-order valence-corrected chi connectivity index (χ4v) is 1.99. The first-order valence-electron chi connectivity index (χ1n) is 4.85. The number of rotatable bonds is 4. The van der Waals surface area contributed by atoms with Crippen molar-refractivity contribution in [1.29, 1.82) is 0 Å². The minimum atomic E-state index is 0.315. The third kappa shape index (κ3) is 3.01. The van der Waals surface area contributed by atoms with Crippen LogP contribution in [0.3, 0.4) is 0 Å². The molecule has 0 aromatic rings. The molecule has 3 atom stereocenters. The Labute approximate surface area is 77.3 Å². The van der Waals surface area contributed by atoms with Gasteiger partial charge >= 0.3 is 0 Å². The molecule has 0 radical (unpaired) electrons. The van der Waals surface area contributed by atoms with Crippen molar-refractivity contribution >= 4 is 9.47 Å². The quantitative estimate of drug-likeness (QED) is 0.634. The largest absolute Gasteiger partial charge is 0.376 e. The standard InChI is InChI=1S/C9H19O2P/c1-2-7-10-8-5-3-4-6-9(8)11-12/h8-9H,2-7,12H2,1H3. The molecule has 0 heterocycles. The Morgan fingerprint density at radius 1 is 1.25 bits per heavy atom. The highest BCUT2D eigenvalue weighted by Gasteiger charge is 2.25. The Kier molecular flexibility index (Phi) is 5.13. The molecule has 1 aliphatic carbocycles. The van der Waals surface area contributed by atoms with Crippen molar-refractivity contribution in [3.05, 3.63) is 0 Å². The van der Waals surface area contributed by atoms with E-state index >= 15 is 0 Å². The first-order valence-corrected chi connectivity index (χ1v) is 5.32. The zero-order valence-electron chi connectivity index (χ0n) is 7.79. The van der Waals surface area contributed by atoms with Gasteiger partial charge in [0.15, 0.2) is 0 Å². The monoisotopic (exact) mass is 190 g/mol. The highest BCUT2D eigenvalue weighted by atomic mass is 31.0. The maximum atomic E-state index is 5.70. The predicted octanol–water partition coefficient (Wildman–Crippen LogP) is 2.53. The average molecular weight is 190 g/mol. The highest BCUT2D eigenvalue weighted by molar-refractivity contribution is 7.09. The molecule has 1 rings (SSSR count). The Balaban J connectivity index is 2.26. The zero-order chi connectivity index (χ0) is 8.81. The topological polar surface area (TPSA) is 18.5 Å². The Hall–Kier alpha value is 0.350. The fourth-order valence-electron chi connectivity index (χ4n) is 1.68. The summed E-state index contributed by atoms with van der Waals surface area (Å²) in [5.74, 6) is 0. The van der Waals surface area contributed by atoms with Gasteiger partial charge in [-0.25, -0.2) is 0 Å². The van der Waals surface area contributed by atoms with E-state index in [4.69, 9.17) is 9.26 Å². The summed E-state index contributed by atoms with van der Waals surface area (Å²) in [6.07, 6.45) is 6.65. The number of ether oxygens (including phenoxy) is 1. The van der Waals surface area contributed by atoms with E-state index in [1.54, 1.807) is 0 Å².